The normalized spacial score (nSPS) is 11.9. The number of hydrogen-bond donors (Lipinski definition) is 0. The van der Waals surface area contributed by atoms with Crippen molar-refractivity contribution >= 4 is 5.78 Å². The Morgan fingerprint density at radius 2 is 1.67 bits per heavy atom. The molecule has 0 aliphatic carbocycles. The maximum atomic E-state index is 14.9. The highest BCUT2D eigenvalue weighted by molar-refractivity contribution is 5.77. The van der Waals surface area contributed by atoms with E-state index in [4.69, 9.17) is 9.47 Å². The molecule has 0 heterocycles. The van der Waals surface area contributed by atoms with Crippen molar-refractivity contribution in [1.82, 2.24) is 0 Å². The van der Waals surface area contributed by atoms with E-state index in [9.17, 15) is 9.18 Å². The molecule has 0 aliphatic heterocycles. The van der Waals surface area contributed by atoms with E-state index in [1.807, 2.05) is 43.3 Å². The maximum absolute atomic E-state index is 14.9. The molecule has 3 nitrogen and oxygen atoms in total. The van der Waals surface area contributed by atoms with Crippen LogP contribution in [-0.4, -0.2) is 12.9 Å². The summed E-state index contributed by atoms with van der Waals surface area (Å²) in [6.45, 7) is 10.3. The molecule has 0 bridgehead atoms. The average Bonchev–Trinajstić information content (AvgIpc) is 2.85. The summed E-state index contributed by atoms with van der Waals surface area (Å²) in [5, 5.41) is 0. The molecule has 1 atom stereocenters. The molecule has 0 fully saturated rings. The largest absolute Gasteiger partial charge is 0.497 e. The number of carbonyl (C=O) groups excluding carboxylic acids is 1. The molecule has 4 heteroatoms. The first-order valence-corrected chi connectivity index (χ1v) is 12.3. The first kappa shape index (κ1) is 27.0. The monoisotopic (exact) mass is 486 g/mol. The van der Waals surface area contributed by atoms with Crippen molar-refractivity contribution in [3.63, 3.8) is 0 Å². The Kier molecular flexibility index (Phi) is 8.93. The van der Waals surface area contributed by atoms with Crippen molar-refractivity contribution in [3.8, 4) is 34.5 Å². The van der Waals surface area contributed by atoms with Crippen LogP contribution in [-0.2, 0) is 16.8 Å². The van der Waals surface area contributed by atoms with Crippen molar-refractivity contribution in [2.24, 2.45) is 0 Å². The lowest BCUT2D eigenvalue weighted by molar-refractivity contribution is -0.117. The third-order valence-electron chi connectivity index (χ3n) is 5.99. The Morgan fingerprint density at radius 3 is 2.28 bits per heavy atom. The summed E-state index contributed by atoms with van der Waals surface area (Å²) in [6, 6.07) is 18.6. The predicted octanol–water partition coefficient (Wildman–Crippen LogP) is 7.85. The smallest absolute Gasteiger partial charge is 0.131 e. The van der Waals surface area contributed by atoms with Gasteiger partial charge in [0.1, 0.15) is 29.7 Å². The van der Waals surface area contributed by atoms with Crippen LogP contribution in [0, 0.1) is 17.7 Å². The fourth-order valence-corrected chi connectivity index (χ4v) is 4.12. The Labute approximate surface area is 214 Å². The summed E-state index contributed by atoms with van der Waals surface area (Å²) < 4.78 is 26.3. The minimum Gasteiger partial charge on any atom is -0.497 e. The van der Waals surface area contributed by atoms with E-state index in [1.165, 1.54) is 6.07 Å². The fraction of sp³-hybridized carbons (Fsp3) is 0.344. The standard InChI is InChI=1S/C32H35FO3/c1-7-8-9-25(18-22(2)34)24-11-13-26(14-12-24)36-21-23-10-16-30(32(3,4)5)28(19-23)29-20-27(35-6)15-17-31(29)33/h10-17,19-20,25H,7,18,21H2,1-6H3/t25-/m0/s1. The van der Waals surface area contributed by atoms with Crippen molar-refractivity contribution in [2.45, 2.75) is 65.4 Å². The summed E-state index contributed by atoms with van der Waals surface area (Å²) in [6.07, 6.45) is 1.15. The molecule has 0 amide bonds. The number of halogens is 1. The Balaban J connectivity index is 1.85. The Morgan fingerprint density at radius 1 is 0.972 bits per heavy atom. The second-order valence-corrected chi connectivity index (χ2v) is 9.97. The highest BCUT2D eigenvalue weighted by atomic mass is 19.1. The highest BCUT2D eigenvalue weighted by Gasteiger charge is 2.21. The van der Waals surface area contributed by atoms with E-state index in [0.29, 0.717) is 24.3 Å². The number of carbonyl (C=O) groups is 1. The van der Waals surface area contributed by atoms with Crippen LogP contribution in [0.15, 0.2) is 60.7 Å². The number of ketones is 1. The van der Waals surface area contributed by atoms with E-state index < -0.39 is 0 Å². The van der Waals surface area contributed by atoms with Gasteiger partial charge in [0.2, 0.25) is 0 Å². The van der Waals surface area contributed by atoms with E-state index >= 15 is 0 Å². The predicted molar refractivity (Wildman–Crippen MR) is 144 cm³/mol. The van der Waals surface area contributed by atoms with Crippen molar-refractivity contribution in [2.75, 3.05) is 7.11 Å². The molecular formula is C32H35FO3. The van der Waals surface area contributed by atoms with E-state index in [0.717, 1.165) is 34.4 Å². The molecule has 0 saturated heterocycles. The average molecular weight is 487 g/mol. The number of rotatable bonds is 8. The van der Waals surface area contributed by atoms with Gasteiger partial charge in [-0.25, -0.2) is 4.39 Å². The number of ether oxygens (including phenoxy) is 2. The lowest BCUT2D eigenvalue weighted by atomic mass is 9.81. The Bertz CT molecular complexity index is 1260. The zero-order chi connectivity index (χ0) is 26.3. The minimum absolute atomic E-state index is 0.109. The van der Waals surface area contributed by atoms with Crippen LogP contribution < -0.4 is 9.47 Å². The molecule has 3 aromatic carbocycles. The molecule has 0 aromatic heterocycles. The van der Waals surface area contributed by atoms with Crippen LogP contribution in [0.3, 0.4) is 0 Å². The van der Waals surface area contributed by atoms with Gasteiger partial charge in [0, 0.05) is 18.4 Å². The van der Waals surface area contributed by atoms with E-state index in [2.05, 4.69) is 38.7 Å². The zero-order valence-electron chi connectivity index (χ0n) is 22.1. The van der Waals surface area contributed by atoms with Gasteiger partial charge in [-0.2, -0.15) is 0 Å². The molecule has 0 aliphatic rings. The quantitative estimate of drug-likeness (QED) is 0.304. The Hall–Kier alpha value is -3.58. The third-order valence-corrected chi connectivity index (χ3v) is 5.99. The topological polar surface area (TPSA) is 35.5 Å². The third kappa shape index (κ3) is 6.98. The first-order chi connectivity index (χ1) is 17.1. The van der Waals surface area contributed by atoms with Crippen LogP contribution in [0.4, 0.5) is 4.39 Å². The van der Waals surface area contributed by atoms with Gasteiger partial charge >= 0.3 is 0 Å². The van der Waals surface area contributed by atoms with Gasteiger partial charge in [0.25, 0.3) is 0 Å². The number of Topliss-reactive ketones (excluding diaryl/α,β-unsaturated/α-hetero) is 1. The van der Waals surface area contributed by atoms with Gasteiger partial charge in [-0.15, -0.1) is 5.92 Å². The molecule has 0 unspecified atom stereocenters. The van der Waals surface area contributed by atoms with Gasteiger partial charge in [0.05, 0.1) is 13.0 Å². The van der Waals surface area contributed by atoms with Gasteiger partial charge in [0.15, 0.2) is 0 Å². The highest BCUT2D eigenvalue weighted by Crippen LogP contribution is 2.37. The number of methoxy groups -OCH3 is 1. The van der Waals surface area contributed by atoms with Crippen LogP contribution in [0.5, 0.6) is 11.5 Å². The first-order valence-electron chi connectivity index (χ1n) is 12.3. The van der Waals surface area contributed by atoms with Crippen molar-refractivity contribution < 1.29 is 18.7 Å². The van der Waals surface area contributed by atoms with Crippen LogP contribution in [0.25, 0.3) is 11.1 Å². The van der Waals surface area contributed by atoms with E-state index in [-0.39, 0.29) is 22.9 Å². The second-order valence-electron chi connectivity index (χ2n) is 9.97. The molecule has 0 spiro atoms. The molecule has 0 saturated carbocycles. The van der Waals surface area contributed by atoms with Crippen molar-refractivity contribution in [1.29, 1.82) is 0 Å². The summed E-state index contributed by atoms with van der Waals surface area (Å²) in [5.74, 6) is 7.33. The lowest BCUT2D eigenvalue weighted by Gasteiger charge is -2.24. The molecule has 3 aromatic rings. The van der Waals surface area contributed by atoms with Gasteiger partial charge in [-0.05, 0) is 71.0 Å². The molecule has 36 heavy (non-hydrogen) atoms. The second kappa shape index (κ2) is 11.9. The fourth-order valence-electron chi connectivity index (χ4n) is 4.12. The number of benzene rings is 3. The van der Waals surface area contributed by atoms with Crippen molar-refractivity contribution in [3.05, 3.63) is 83.2 Å². The summed E-state index contributed by atoms with van der Waals surface area (Å²) in [5.41, 5.74) is 4.16. The maximum Gasteiger partial charge on any atom is 0.131 e. The van der Waals surface area contributed by atoms with Gasteiger partial charge in [-0.3, -0.25) is 4.79 Å². The SMILES string of the molecule is CCC#C[C@@H](CC(C)=O)c1ccc(OCc2ccc(C(C)(C)C)c(-c3cc(OC)ccc3F)c2)cc1. The van der Waals surface area contributed by atoms with Gasteiger partial charge < -0.3 is 9.47 Å². The molecule has 188 valence electrons. The molecule has 3 rings (SSSR count). The van der Waals surface area contributed by atoms with Gasteiger partial charge in [-0.1, -0.05) is 57.9 Å². The summed E-state index contributed by atoms with van der Waals surface area (Å²) >= 11 is 0. The van der Waals surface area contributed by atoms with Crippen LogP contribution >= 0.6 is 0 Å². The summed E-state index contributed by atoms with van der Waals surface area (Å²) in [7, 11) is 1.58. The number of hydrogen-bond acceptors (Lipinski definition) is 3. The summed E-state index contributed by atoms with van der Waals surface area (Å²) in [4.78, 5) is 11.7. The zero-order valence-corrected chi connectivity index (χ0v) is 22.1. The lowest BCUT2D eigenvalue weighted by Crippen LogP contribution is -2.13. The van der Waals surface area contributed by atoms with E-state index in [1.54, 1.807) is 26.2 Å². The van der Waals surface area contributed by atoms with Crippen LogP contribution in [0.1, 0.15) is 70.1 Å². The van der Waals surface area contributed by atoms with Crippen LogP contribution in [0.2, 0.25) is 0 Å². The molecular weight excluding hydrogens is 451 g/mol. The molecule has 0 N–H and O–H groups in total. The minimum atomic E-state index is -0.291. The molecule has 0 radical (unpaired) electrons.